The number of hydrogen-bond acceptors (Lipinski definition) is 3. The van der Waals surface area contributed by atoms with E-state index in [0.29, 0.717) is 12.0 Å². The molecule has 1 aliphatic rings. The summed E-state index contributed by atoms with van der Waals surface area (Å²) in [5, 5.41) is 3.45. The summed E-state index contributed by atoms with van der Waals surface area (Å²) in [7, 11) is 0. The van der Waals surface area contributed by atoms with Crippen LogP contribution in [-0.2, 0) is 17.8 Å². The molecule has 18 heavy (non-hydrogen) atoms. The van der Waals surface area contributed by atoms with Crippen molar-refractivity contribution in [3.63, 3.8) is 0 Å². The van der Waals surface area contributed by atoms with Crippen LogP contribution >= 0.6 is 0 Å². The van der Waals surface area contributed by atoms with Gasteiger partial charge in [0.05, 0.1) is 18.1 Å². The van der Waals surface area contributed by atoms with Crippen molar-refractivity contribution >= 4 is 0 Å². The zero-order valence-corrected chi connectivity index (χ0v) is 11.9. The van der Waals surface area contributed by atoms with Gasteiger partial charge >= 0.3 is 0 Å². The summed E-state index contributed by atoms with van der Waals surface area (Å²) in [6.45, 7) is 11.4. The van der Waals surface area contributed by atoms with Crippen LogP contribution in [0.15, 0.2) is 12.5 Å². The number of aromatic nitrogens is 2. The Labute approximate surface area is 110 Å². The molecular weight excluding hydrogens is 226 g/mol. The molecule has 0 amide bonds. The largest absolute Gasteiger partial charge is 0.378 e. The molecule has 1 aliphatic heterocycles. The smallest absolute Gasteiger partial charge is 0.0950 e. The Bertz CT molecular complexity index is 381. The predicted octanol–water partition coefficient (Wildman–Crippen LogP) is 2.20. The Hall–Kier alpha value is -0.870. The summed E-state index contributed by atoms with van der Waals surface area (Å²) in [6.07, 6.45) is 5.62. The quantitative estimate of drug-likeness (QED) is 0.891. The number of nitrogens with zero attached hydrogens (tertiary/aromatic N) is 2. The molecule has 0 aliphatic carbocycles. The summed E-state index contributed by atoms with van der Waals surface area (Å²) < 4.78 is 7.78. The second kappa shape index (κ2) is 5.41. The molecule has 102 valence electrons. The monoisotopic (exact) mass is 251 g/mol. The lowest BCUT2D eigenvalue weighted by Gasteiger charge is -2.19. The molecule has 0 aromatic carbocycles. The van der Waals surface area contributed by atoms with E-state index >= 15 is 0 Å². The third-order valence-corrected chi connectivity index (χ3v) is 3.47. The predicted molar refractivity (Wildman–Crippen MR) is 72.3 cm³/mol. The molecule has 1 fully saturated rings. The molecule has 2 unspecified atom stereocenters. The van der Waals surface area contributed by atoms with Crippen molar-refractivity contribution in [2.75, 3.05) is 6.61 Å². The van der Waals surface area contributed by atoms with Gasteiger partial charge in [-0.3, -0.25) is 0 Å². The van der Waals surface area contributed by atoms with Gasteiger partial charge in [0.2, 0.25) is 0 Å². The zero-order valence-electron chi connectivity index (χ0n) is 11.9. The molecule has 0 radical (unpaired) electrons. The van der Waals surface area contributed by atoms with E-state index in [4.69, 9.17) is 4.74 Å². The second-order valence-electron chi connectivity index (χ2n) is 6.29. The van der Waals surface area contributed by atoms with E-state index in [-0.39, 0.29) is 5.54 Å². The van der Waals surface area contributed by atoms with Crippen molar-refractivity contribution in [1.82, 2.24) is 14.9 Å². The minimum absolute atomic E-state index is 0.136. The molecule has 0 saturated carbocycles. The highest BCUT2D eigenvalue weighted by molar-refractivity contribution is 4.97. The summed E-state index contributed by atoms with van der Waals surface area (Å²) in [6, 6.07) is 0. The molecule has 0 spiro atoms. The summed E-state index contributed by atoms with van der Waals surface area (Å²) >= 11 is 0. The Balaban J connectivity index is 1.86. The van der Waals surface area contributed by atoms with Gasteiger partial charge in [0, 0.05) is 37.4 Å². The summed E-state index contributed by atoms with van der Waals surface area (Å²) in [4.78, 5) is 4.45. The van der Waals surface area contributed by atoms with E-state index in [9.17, 15) is 0 Å². The molecule has 4 heteroatoms. The molecule has 1 aromatic rings. The minimum Gasteiger partial charge on any atom is -0.378 e. The summed E-state index contributed by atoms with van der Waals surface area (Å²) in [5.74, 6) is 0.627. The van der Waals surface area contributed by atoms with Crippen LogP contribution in [0.1, 0.15) is 39.8 Å². The maximum atomic E-state index is 5.59. The van der Waals surface area contributed by atoms with Gasteiger partial charge in [-0.05, 0) is 34.1 Å². The molecule has 1 aromatic heterocycles. The first-order chi connectivity index (χ1) is 8.44. The standard InChI is InChI=1S/C14H25N3O/c1-11-12(5-6-18-11)8-17-9-13(15-10-17)7-16-14(2,3)4/h9-12,16H,5-8H2,1-4H3. The number of imidazole rings is 1. The van der Waals surface area contributed by atoms with Crippen molar-refractivity contribution in [1.29, 1.82) is 0 Å². The Morgan fingerprint density at radius 1 is 1.50 bits per heavy atom. The highest BCUT2D eigenvalue weighted by Gasteiger charge is 2.24. The first-order valence-electron chi connectivity index (χ1n) is 6.81. The van der Waals surface area contributed by atoms with E-state index in [2.05, 4.69) is 48.8 Å². The maximum absolute atomic E-state index is 5.59. The van der Waals surface area contributed by atoms with Crippen molar-refractivity contribution < 1.29 is 4.74 Å². The van der Waals surface area contributed by atoms with Crippen LogP contribution in [0.2, 0.25) is 0 Å². The second-order valence-corrected chi connectivity index (χ2v) is 6.29. The van der Waals surface area contributed by atoms with Crippen LogP contribution in [0, 0.1) is 5.92 Å². The first kappa shape index (κ1) is 13.6. The van der Waals surface area contributed by atoms with E-state index in [1.165, 1.54) is 0 Å². The fraction of sp³-hybridized carbons (Fsp3) is 0.786. The third kappa shape index (κ3) is 3.82. The van der Waals surface area contributed by atoms with Crippen LogP contribution in [-0.4, -0.2) is 27.8 Å². The van der Waals surface area contributed by atoms with Crippen molar-refractivity contribution in [2.45, 2.75) is 58.8 Å². The van der Waals surface area contributed by atoms with Crippen molar-refractivity contribution in [3.05, 3.63) is 18.2 Å². The molecule has 1 N–H and O–H groups in total. The zero-order chi connectivity index (χ0) is 13.2. The lowest BCUT2D eigenvalue weighted by atomic mass is 10.0. The van der Waals surface area contributed by atoms with Crippen LogP contribution in [0.25, 0.3) is 0 Å². The topological polar surface area (TPSA) is 39.1 Å². The van der Waals surface area contributed by atoms with Gasteiger partial charge in [-0.15, -0.1) is 0 Å². The van der Waals surface area contributed by atoms with Gasteiger partial charge in [-0.25, -0.2) is 4.98 Å². The van der Waals surface area contributed by atoms with Crippen molar-refractivity contribution in [2.24, 2.45) is 5.92 Å². The average Bonchev–Trinajstić information content (AvgIpc) is 2.86. The lowest BCUT2D eigenvalue weighted by Crippen LogP contribution is -2.35. The van der Waals surface area contributed by atoms with E-state index in [1.54, 1.807) is 0 Å². The normalized spacial score (nSPS) is 24.7. The highest BCUT2D eigenvalue weighted by atomic mass is 16.5. The molecule has 2 heterocycles. The third-order valence-electron chi connectivity index (χ3n) is 3.47. The van der Waals surface area contributed by atoms with Gasteiger partial charge in [0.15, 0.2) is 0 Å². The number of hydrogen-bond donors (Lipinski definition) is 1. The van der Waals surface area contributed by atoms with Gasteiger partial charge in [0.1, 0.15) is 0 Å². The first-order valence-corrected chi connectivity index (χ1v) is 6.81. The average molecular weight is 251 g/mol. The van der Waals surface area contributed by atoms with Crippen LogP contribution < -0.4 is 5.32 Å². The Kier molecular flexibility index (Phi) is 4.07. The number of rotatable bonds is 4. The van der Waals surface area contributed by atoms with Crippen LogP contribution in [0.5, 0.6) is 0 Å². The van der Waals surface area contributed by atoms with E-state index < -0.39 is 0 Å². The molecular formula is C14H25N3O. The number of nitrogens with one attached hydrogen (secondary N) is 1. The van der Waals surface area contributed by atoms with E-state index in [0.717, 1.165) is 31.8 Å². The fourth-order valence-electron chi connectivity index (χ4n) is 2.24. The minimum atomic E-state index is 0.136. The molecule has 2 atom stereocenters. The van der Waals surface area contributed by atoms with Gasteiger partial charge in [0.25, 0.3) is 0 Å². The van der Waals surface area contributed by atoms with Crippen molar-refractivity contribution in [3.8, 4) is 0 Å². The van der Waals surface area contributed by atoms with Gasteiger partial charge < -0.3 is 14.6 Å². The SMILES string of the molecule is CC1OCCC1Cn1cnc(CNC(C)(C)C)c1. The number of ether oxygens (including phenoxy) is 1. The highest BCUT2D eigenvalue weighted by Crippen LogP contribution is 2.22. The van der Waals surface area contributed by atoms with Gasteiger partial charge in [-0.2, -0.15) is 0 Å². The van der Waals surface area contributed by atoms with Gasteiger partial charge in [-0.1, -0.05) is 0 Å². The van der Waals surface area contributed by atoms with E-state index in [1.807, 2.05) is 6.33 Å². The summed E-state index contributed by atoms with van der Waals surface area (Å²) in [5.41, 5.74) is 1.24. The Morgan fingerprint density at radius 2 is 2.28 bits per heavy atom. The molecule has 2 rings (SSSR count). The lowest BCUT2D eigenvalue weighted by molar-refractivity contribution is 0.102. The molecule has 1 saturated heterocycles. The maximum Gasteiger partial charge on any atom is 0.0950 e. The van der Waals surface area contributed by atoms with Crippen LogP contribution in [0.4, 0.5) is 0 Å². The fourth-order valence-corrected chi connectivity index (χ4v) is 2.24. The molecule has 4 nitrogen and oxygen atoms in total. The molecule has 0 bridgehead atoms. The van der Waals surface area contributed by atoms with Crippen LogP contribution in [0.3, 0.4) is 0 Å². The Morgan fingerprint density at radius 3 is 2.89 bits per heavy atom.